The average Bonchev–Trinajstić information content (AvgIpc) is 2.43. The highest BCUT2D eigenvalue weighted by molar-refractivity contribution is 5.63. The zero-order chi connectivity index (χ0) is 14.5. The van der Waals surface area contributed by atoms with Gasteiger partial charge < -0.3 is 5.73 Å². The highest BCUT2D eigenvalue weighted by Crippen LogP contribution is 2.23. The molecular formula is C17H19F2N. The lowest BCUT2D eigenvalue weighted by Crippen LogP contribution is -2.07. The molecule has 0 amide bonds. The average molecular weight is 275 g/mol. The van der Waals surface area contributed by atoms with Crippen LogP contribution in [0.1, 0.15) is 18.9 Å². The lowest BCUT2D eigenvalue weighted by Gasteiger charge is -2.10. The van der Waals surface area contributed by atoms with Crippen molar-refractivity contribution in [3.8, 4) is 11.1 Å². The molecule has 0 heterocycles. The van der Waals surface area contributed by atoms with Gasteiger partial charge in [0.1, 0.15) is 0 Å². The fraction of sp³-hybridized carbons (Fsp3) is 0.294. The van der Waals surface area contributed by atoms with Crippen LogP contribution in [0.3, 0.4) is 0 Å². The second-order valence-electron chi connectivity index (χ2n) is 5.21. The summed E-state index contributed by atoms with van der Waals surface area (Å²) < 4.78 is 26.1. The van der Waals surface area contributed by atoms with Crippen molar-refractivity contribution in [2.75, 3.05) is 6.54 Å². The van der Waals surface area contributed by atoms with Crippen molar-refractivity contribution in [2.24, 2.45) is 11.7 Å². The highest BCUT2D eigenvalue weighted by Gasteiger charge is 2.06. The van der Waals surface area contributed by atoms with E-state index < -0.39 is 11.6 Å². The molecule has 0 spiro atoms. The molecule has 2 rings (SSSR count). The van der Waals surface area contributed by atoms with Gasteiger partial charge in [0.2, 0.25) is 0 Å². The minimum atomic E-state index is -0.819. The molecule has 2 aromatic rings. The summed E-state index contributed by atoms with van der Waals surface area (Å²) >= 11 is 0. The molecule has 0 aliphatic rings. The summed E-state index contributed by atoms with van der Waals surface area (Å²) in [6, 6.07) is 11.9. The summed E-state index contributed by atoms with van der Waals surface area (Å²) in [5.41, 5.74) is 8.35. The van der Waals surface area contributed by atoms with Crippen molar-refractivity contribution in [1.29, 1.82) is 0 Å². The molecule has 20 heavy (non-hydrogen) atoms. The Balaban J connectivity index is 2.13. The van der Waals surface area contributed by atoms with Crippen molar-refractivity contribution in [3.63, 3.8) is 0 Å². The van der Waals surface area contributed by atoms with E-state index in [-0.39, 0.29) is 0 Å². The van der Waals surface area contributed by atoms with Gasteiger partial charge in [0.25, 0.3) is 0 Å². The van der Waals surface area contributed by atoms with E-state index >= 15 is 0 Å². The van der Waals surface area contributed by atoms with Crippen LogP contribution in [0.4, 0.5) is 8.78 Å². The summed E-state index contributed by atoms with van der Waals surface area (Å²) in [6.07, 6.45) is 1.99. The third-order valence-corrected chi connectivity index (χ3v) is 3.45. The summed E-state index contributed by atoms with van der Waals surface area (Å²) in [6.45, 7) is 2.88. The molecule has 0 radical (unpaired) electrons. The van der Waals surface area contributed by atoms with Gasteiger partial charge in [-0.2, -0.15) is 0 Å². The Kier molecular flexibility index (Phi) is 4.85. The molecule has 106 valence electrons. The largest absolute Gasteiger partial charge is 0.330 e. The molecule has 2 aromatic carbocycles. The van der Waals surface area contributed by atoms with Crippen molar-refractivity contribution in [2.45, 2.75) is 19.8 Å². The fourth-order valence-electron chi connectivity index (χ4n) is 2.30. The van der Waals surface area contributed by atoms with Crippen LogP contribution in [0, 0.1) is 17.6 Å². The van der Waals surface area contributed by atoms with Gasteiger partial charge in [0, 0.05) is 0 Å². The van der Waals surface area contributed by atoms with E-state index in [1.807, 2.05) is 24.3 Å². The van der Waals surface area contributed by atoms with E-state index in [1.165, 1.54) is 11.6 Å². The minimum absolute atomic E-state index is 0.550. The van der Waals surface area contributed by atoms with E-state index in [9.17, 15) is 8.78 Å². The molecule has 0 aliphatic heterocycles. The Morgan fingerprint density at radius 1 is 0.950 bits per heavy atom. The van der Waals surface area contributed by atoms with Gasteiger partial charge in [-0.25, -0.2) is 8.78 Å². The highest BCUT2D eigenvalue weighted by atomic mass is 19.2. The minimum Gasteiger partial charge on any atom is -0.330 e. The topological polar surface area (TPSA) is 26.0 Å². The number of nitrogens with two attached hydrogens (primary N) is 1. The third-order valence-electron chi connectivity index (χ3n) is 3.45. The van der Waals surface area contributed by atoms with E-state index in [4.69, 9.17) is 5.73 Å². The quantitative estimate of drug-likeness (QED) is 0.871. The Hall–Kier alpha value is -1.74. The SMILES string of the molecule is CC(CCN)Cc1ccc(-c2ccc(F)c(F)c2)cc1. The zero-order valence-electron chi connectivity index (χ0n) is 11.6. The second-order valence-corrected chi connectivity index (χ2v) is 5.21. The first-order chi connectivity index (χ1) is 9.60. The van der Waals surface area contributed by atoms with E-state index in [1.54, 1.807) is 6.07 Å². The molecule has 0 aromatic heterocycles. The molecule has 0 saturated heterocycles. The number of benzene rings is 2. The van der Waals surface area contributed by atoms with Crippen LogP contribution < -0.4 is 5.73 Å². The molecule has 1 nitrogen and oxygen atoms in total. The third kappa shape index (κ3) is 3.64. The lowest BCUT2D eigenvalue weighted by molar-refractivity contribution is 0.509. The van der Waals surface area contributed by atoms with Gasteiger partial charge in [-0.05, 0) is 54.1 Å². The van der Waals surface area contributed by atoms with Crippen LogP contribution in [-0.4, -0.2) is 6.54 Å². The molecular weight excluding hydrogens is 256 g/mol. The zero-order valence-corrected chi connectivity index (χ0v) is 11.6. The van der Waals surface area contributed by atoms with Crippen LogP contribution in [0.15, 0.2) is 42.5 Å². The summed E-state index contributed by atoms with van der Waals surface area (Å²) in [4.78, 5) is 0. The molecule has 0 saturated carbocycles. The van der Waals surface area contributed by atoms with Gasteiger partial charge in [-0.1, -0.05) is 37.3 Å². The van der Waals surface area contributed by atoms with Crippen LogP contribution in [0.25, 0.3) is 11.1 Å². The van der Waals surface area contributed by atoms with Crippen LogP contribution in [0.5, 0.6) is 0 Å². The van der Waals surface area contributed by atoms with Crippen molar-refractivity contribution >= 4 is 0 Å². The van der Waals surface area contributed by atoms with Crippen molar-refractivity contribution in [1.82, 2.24) is 0 Å². The Morgan fingerprint density at radius 2 is 1.60 bits per heavy atom. The first kappa shape index (κ1) is 14.7. The van der Waals surface area contributed by atoms with Gasteiger partial charge in [0.05, 0.1) is 0 Å². The predicted octanol–water partition coefficient (Wildman–Crippen LogP) is 4.16. The fourth-order valence-corrected chi connectivity index (χ4v) is 2.30. The molecule has 3 heteroatoms. The van der Waals surface area contributed by atoms with Crippen LogP contribution in [-0.2, 0) is 6.42 Å². The van der Waals surface area contributed by atoms with E-state index in [0.717, 1.165) is 24.5 Å². The number of halogens is 2. The lowest BCUT2D eigenvalue weighted by atomic mass is 9.96. The van der Waals surface area contributed by atoms with Crippen LogP contribution >= 0.6 is 0 Å². The molecule has 0 aliphatic carbocycles. The number of hydrogen-bond donors (Lipinski definition) is 1. The first-order valence-electron chi connectivity index (χ1n) is 6.84. The second kappa shape index (κ2) is 6.62. The first-order valence-corrected chi connectivity index (χ1v) is 6.84. The van der Waals surface area contributed by atoms with E-state index in [0.29, 0.717) is 18.0 Å². The molecule has 0 fully saturated rings. The maximum atomic E-state index is 13.2. The maximum Gasteiger partial charge on any atom is 0.159 e. The summed E-state index contributed by atoms with van der Waals surface area (Å²) in [5, 5.41) is 0. The molecule has 1 atom stereocenters. The van der Waals surface area contributed by atoms with Gasteiger partial charge in [0.15, 0.2) is 11.6 Å². The summed E-state index contributed by atoms with van der Waals surface area (Å²) in [5.74, 6) is -1.08. The maximum absolute atomic E-state index is 13.2. The normalized spacial score (nSPS) is 12.4. The smallest absolute Gasteiger partial charge is 0.159 e. The monoisotopic (exact) mass is 275 g/mol. The molecule has 2 N–H and O–H groups in total. The van der Waals surface area contributed by atoms with Gasteiger partial charge in [-0.15, -0.1) is 0 Å². The number of hydrogen-bond acceptors (Lipinski definition) is 1. The Bertz CT molecular complexity index is 564. The molecule has 0 bridgehead atoms. The Labute approximate surface area is 118 Å². The van der Waals surface area contributed by atoms with Gasteiger partial charge in [-0.3, -0.25) is 0 Å². The van der Waals surface area contributed by atoms with Crippen molar-refractivity contribution in [3.05, 3.63) is 59.7 Å². The van der Waals surface area contributed by atoms with Crippen LogP contribution in [0.2, 0.25) is 0 Å². The standard InChI is InChI=1S/C17H19F2N/c1-12(8-9-20)10-13-2-4-14(5-3-13)15-6-7-16(18)17(19)11-15/h2-7,11-12H,8-10,20H2,1H3. The summed E-state index contributed by atoms with van der Waals surface area (Å²) in [7, 11) is 0. The number of rotatable bonds is 5. The van der Waals surface area contributed by atoms with Crippen molar-refractivity contribution < 1.29 is 8.78 Å². The molecule has 1 unspecified atom stereocenters. The van der Waals surface area contributed by atoms with Gasteiger partial charge >= 0.3 is 0 Å². The van der Waals surface area contributed by atoms with E-state index in [2.05, 4.69) is 6.92 Å². The predicted molar refractivity (Wildman–Crippen MR) is 78.3 cm³/mol. The Morgan fingerprint density at radius 3 is 2.20 bits per heavy atom.